The van der Waals surface area contributed by atoms with E-state index in [9.17, 15) is 14.7 Å². The minimum atomic E-state index is -1.92. The molecule has 0 saturated carbocycles. The van der Waals surface area contributed by atoms with Gasteiger partial charge in [-0.2, -0.15) is 0 Å². The van der Waals surface area contributed by atoms with Crippen LogP contribution in [0, 0.1) is 5.41 Å². The molecule has 1 heterocycles. The van der Waals surface area contributed by atoms with Crippen LogP contribution in [0.3, 0.4) is 0 Å². The van der Waals surface area contributed by atoms with Crippen molar-refractivity contribution in [2.45, 2.75) is 45.1 Å². The quantitative estimate of drug-likeness (QED) is 0.550. The maximum absolute atomic E-state index is 12.3. The Morgan fingerprint density at radius 3 is 2.42 bits per heavy atom. The highest BCUT2D eigenvalue weighted by Gasteiger charge is 2.40. The maximum Gasteiger partial charge on any atom is 0.337 e. The van der Waals surface area contributed by atoms with Crippen LogP contribution in [-0.2, 0) is 9.59 Å². The van der Waals surface area contributed by atoms with Crippen molar-refractivity contribution < 1.29 is 19.8 Å². The summed E-state index contributed by atoms with van der Waals surface area (Å²) in [6.45, 7) is 4.54. The van der Waals surface area contributed by atoms with Crippen molar-refractivity contribution in [2.24, 2.45) is 5.41 Å². The SMILES string of the molecule is CCCC1(C(=O)NCC(C)(O)C(=O)O)CCNCC1. The first kappa shape index (κ1) is 15.9. The third-order valence-corrected chi connectivity index (χ3v) is 3.82. The number of carboxylic acid groups (broad SMARTS) is 1. The number of aliphatic carboxylic acids is 1. The molecular weight excluding hydrogens is 248 g/mol. The Kier molecular flexibility index (Phi) is 5.31. The molecule has 0 aromatic heterocycles. The highest BCUT2D eigenvalue weighted by atomic mass is 16.4. The number of piperidine rings is 1. The van der Waals surface area contributed by atoms with Crippen LogP contribution in [0.2, 0.25) is 0 Å². The fraction of sp³-hybridized carbons (Fsp3) is 0.846. The van der Waals surface area contributed by atoms with E-state index in [1.54, 1.807) is 0 Å². The fourth-order valence-electron chi connectivity index (χ4n) is 2.49. The Bertz CT molecular complexity index is 330. The molecule has 1 rings (SSSR count). The van der Waals surface area contributed by atoms with E-state index in [0.717, 1.165) is 38.8 Å². The lowest BCUT2D eigenvalue weighted by Crippen LogP contribution is -2.52. The number of hydrogen-bond acceptors (Lipinski definition) is 4. The van der Waals surface area contributed by atoms with Gasteiger partial charge in [-0.15, -0.1) is 0 Å². The number of hydrogen-bond donors (Lipinski definition) is 4. The number of carbonyl (C=O) groups is 2. The molecule has 110 valence electrons. The van der Waals surface area contributed by atoms with Gasteiger partial charge < -0.3 is 20.8 Å². The van der Waals surface area contributed by atoms with Crippen LogP contribution in [0.4, 0.5) is 0 Å². The molecule has 0 aliphatic carbocycles. The topological polar surface area (TPSA) is 98.7 Å². The normalized spacial score (nSPS) is 21.4. The average molecular weight is 272 g/mol. The molecule has 1 aliphatic rings. The van der Waals surface area contributed by atoms with Gasteiger partial charge in [-0.25, -0.2) is 4.79 Å². The number of carbonyl (C=O) groups excluding carboxylic acids is 1. The number of rotatable bonds is 6. The Hall–Kier alpha value is -1.14. The first-order chi connectivity index (χ1) is 8.84. The van der Waals surface area contributed by atoms with Crippen LogP contribution in [0.25, 0.3) is 0 Å². The second-order valence-corrected chi connectivity index (χ2v) is 5.54. The summed E-state index contributed by atoms with van der Waals surface area (Å²) in [5.74, 6) is -1.47. The van der Waals surface area contributed by atoms with Gasteiger partial charge in [0.05, 0.1) is 12.0 Å². The van der Waals surface area contributed by atoms with Crippen LogP contribution >= 0.6 is 0 Å². The van der Waals surface area contributed by atoms with Gasteiger partial charge in [-0.1, -0.05) is 13.3 Å². The fourth-order valence-corrected chi connectivity index (χ4v) is 2.49. The van der Waals surface area contributed by atoms with Gasteiger partial charge in [0.1, 0.15) is 0 Å². The average Bonchev–Trinajstić information content (AvgIpc) is 2.37. The van der Waals surface area contributed by atoms with Gasteiger partial charge in [-0.3, -0.25) is 4.79 Å². The summed E-state index contributed by atoms with van der Waals surface area (Å²) in [5.41, 5.74) is -2.34. The highest BCUT2D eigenvalue weighted by Crippen LogP contribution is 2.34. The van der Waals surface area contributed by atoms with Crippen LogP contribution in [-0.4, -0.2) is 47.3 Å². The summed E-state index contributed by atoms with van der Waals surface area (Å²) in [6, 6.07) is 0. The van der Waals surface area contributed by atoms with E-state index in [0.29, 0.717) is 0 Å². The molecule has 0 aromatic rings. The molecule has 0 bridgehead atoms. The second kappa shape index (κ2) is 6.34. The Morgan fingerprint density at radius 1 is 1.37 bits per heavy atom. The largest absolute Gasteiger partial charge is 0.479 e. The third-order valence-electron chi connectivity index (χ3n) is 3.82. The van der Waals surface area contributed by atoms with Crippen LogP contribution in [0.1, 0.15) is 39.5 Å². The predicted molar refractivity (Wildman–Crippen MR) is 70.7 cm³/mol. The highest BCUT2D eigenvalue weighted by molar-refractivity contribution is 5.84. The number of carboxylic acids is 1. The van der Waals surface area contributed by atoms with Crippen molar-refractivity contribution in [2.75, 3.05) is 19.6 Å². The van der Waals surface area contributed by atoms with Crippen molar-refractivity contribution in [3.8, 4) is 0 Å². The number of nitrogens with one attached hydrogen (secondary N) is 2. The molecule has 6 nitrogen and oxygen atoms in total. The lowest BCUT2D eigenvalue weighted by atomic mass is 9.74. The summed E-state index contributed by atoms with van der Waals surface area (Å²) in [5, 5.41) is 24.3. The first-order valence-electron chi connectivity index (χ1n) is 6.79. The minimum Gasteiger partial charge on any atom is -0.479 e. The molecule has 6 heteroatoms. The lowest BCUT2D eigenvalue weighted by Gasteiger charge is -2.36. The van der Waals surface area contributed by atoms with E-state index >= 15 is 0 Å². The zero-order chi connectivity index (χ0) is 14.5. The van der Waals surface area contributed by atoms with Gasteiger partial charge >= 0.3 is 5.97 Å². The van der Waals surface area contributed by atoms with Crippen molar-refractivity contribution >= 4 is 11.9 Å². The number of aliphatic hydroxyl groups is 1. The molecule has 0 spiro atoms. The van der Waals surface area contributed by atoms with Crippen molar-refractivity contribution in [1.29, 1.82) is 0 Å². The monoisotopic (exact) mass is 272 g/mol. The molecule has 0 aromatic carbocycles. The third kappa shape index (κ3) is 3.91. The zero-order valence-corrected chi connectivity index (χ0v) is 11.7. The van der Waals surface area contributed by atoms with E-state index in [1.807, 2.05) is 6.92 Å². The van der Waals surface area contributed by atoms with Crippen molar-refractivity contribution in [3.05, 3.63) is 0 Å². The Labute approximate surface area is 113 Å². The van der Waals surface area contributed by atoms with Crippen molar-refractivity contribution in [3.63, 3.8) is 0 Å². The van der Waals surface area contributed by atoms with E-state index in [2.05, 4.69) is 10.6 Å². The summed E-state index contributed by atoms with van der Waals surface area (Å²) in [4.78, 5) is 23.1. The Morgan fingerprint density at radius 2 is 1.95 bits per heavy atom. The lowest BCUT2D eigenvalue weighted by molar-refractivity contribution is -0.156. The summed E-state index contributed by atoms with van der Waals surface area (Å²) >= 11 is 0. The Balaban J connectivity index is 2.65. The first-order valence-corrected chi connectivity index (χ1v) is 6.79. The van der Waals surface area contributed by atoms with Crippen molar-refractivity contribution in [1.82, 2.24) is 10.6 Å². The molecule has 1 amide bonds. The molecule has 1 unspecified atom stereocenters. The summed E-state index contributed by atoms with van der Waals surface area (Å²) < 4.78 is 0. The smallest absolute Gasteiger partial charge is 0.337 e. The predicted octanol–water partition coefficient (Wildman–Crippen LogP) is 0.108. The van der Waals surface area contributed by atoms with Gasteiger partial charge in [-0.05, 0) is 39.3 Å². The summed E-state index contributed by atoms with van der Waals surface area (Å²) in [7, 11) is 0. The summed E-state index contributed by atoms with van der Waals surface area (Å²) in [6.07, 6.45) is 3.20. The molecule has 0 radical (unpaired) electrons. The molecule has 19 heavy (non-hydrogen) atoms. The minimum absolute atomic E-state index is 0.141. The molecule has 1 atom stereocenters. The second-order valence-electron chi connectivity index (χ2n) is 5.54. The van der Waals surface area contributed by atoms with Crippen LogP contribution in [0.15, 0.2) is 0 Å². The van der Waals surface area contributed by atoms with E-state index in [-0.39, 0.29) is 12.5 Å². The zero-order valence-electron chi connectivity index (χ0n) is 11.7. The van der Waals surface area contributed by atoms with E-state index in [4.69, 9.17) is 5.11 Å². The van der Waals surface area contributed by atoms with Gasteiger partial charge in [0.2, 0.25) is 5.91 Å². The van der Waals surface area contributed by atoms with Gasteiger partial charge in [0.15, 0.2) is 5.60 Å². The van der Waals surface area contributed by atoms with Gasteiger partial charge in [0.25, 0.3) is 0 Å². The standard InChI is InChI=1S/C13H24N2O4/c1-3-4-13(5-7-14-8-6-13)10(16)15-9-12(2,19)11(17)18/h14,19H,3-9H2,1-2H3,(H,15,16)(H,17,18). The van der Waals surface area contributed by atoms with E-state index < -0.39 is 17.0 Å². The van der Waals surface area contributed by atoms with Crippen LogP contribution < -0.4 is 10.6 Å². The van der Waals surface area contributed by atoms with Gasteiger partial charge in [0, 0.05) is 0 Å². The molecule has 4 N–H and O–H groups in total. The molecule has 1 fully saturated rings. The molecule has 1 saturated heterocycles. The molecule has 1 aliphatic heterocycles. The van der Waals surface area contributed by atoms with Crippen LogP contribution in [0.5, 0.6) is 0 Å². The van der Waals surface area contributed by atoms with E-state index in [1.165, 1.54) is 6.92 Å². The maximum atomic E-state index is 12.3. The number of amides is 1. The molecular formula is C13H24N2O4.